The van der Waals surface area contributed by atoms with E-state index in [1.807, 2.05) is 44.2 Å². The van der Waals surface area contributed by atoms with Crippen molar-refractivity contribution in [1.29, 1.82) is 0 Å². The largest absolute Gasteiger partial charge is 0.486 e. The summed E-state index contributed by atoms with van der Waals surface area (Å²) >= 11 is 0. The number of fused-ring (bicyclic) bond motifs is 2. The molecule has 46 heavy (non-hydrogen) atoms. The van der Waals surface area contributed by atoms with Gasteiger partial charge in [-0.05, 0) is 55.3 Å². The zero-order chi connectivity index (χ0) is 32.9. The maximum absolute atomic E-state index is 14.5. The lowest BCUT2D eigenvalue weighted by Crippen LogP contribution is -2.58. The molecule has 5 atom stereocenters. The topological polar surface area (TPSA) is 161 Å². The number of benzene rings is 2. The molecule has 0 aliphatic carbocycles. The summed E-state index contributed by atoms with van der Waals surface area (Å²) in [6.07, 6.45) is 0.0329. The van der Waals surface area contributed by atoms with E-state index < -0.39 is 46.0 Å². The Kier molecular flexibility index (Phi) is 11.1. The van der Waals surface area contributed by atoms with Gasteiger partial charge in [0.2, 0.25) is 10.0 Å². The van der Waals surface area contributed by atoms with Crippen molar-refractivity contribution < 1.29 is 42.4 Å². The first-order chi connectivity index (χ1) is 22.0. The number of carbonyl (C=O) groups is 1. The highest BCUT2D eigenvalue weighted by Crippen LogP contribution is 2.40. The first-order valence-electron chi connectivity index (χ1n) is 16.1. The number of sulfonamides is 1. The molecular formula is C33H47N3O9S. The molecule has 3 aliphatic heterocycles. The molecular weight excluding hydrogens is 614 g/mol. The number of hydrogen-bond acceptors (Lipinski definition) is 9. The number of hydrogen-bond donors (Lipinski definition) is 3. The van der Waals surface area contributed by atoms with Crippen LogP contribution in [0, 0.1) is 11.3 Å². The van der Waals surface area contributed by atoms with Crippen LogP contribution in [0.3, 0.4) is 0 Å². The van der Waals surface area contributed by atoms with Gasteiger partial charge in [0.25, 0.3) is 0 Å². The molecule has 0 radical (unpaired) electrons. The number of ether oxygens (including phenoxy) is 4. The summed E-state index contributed by atoms with van der Waals surface area (Å²) < 4.78 is 53.3. The van der Waals surface area contributed by atoms with Gasteiger partial charge in [0.05, 0.1) is 31.4 Å². The van der Waals surface area contributed by atoms with Crippen LogP contribution in [0.15, 0.2) is 53.4 Å². The molecule has 0 saturated carbocycles. The van der Waals surface area contributed by atoms with Gasteiger partial charge >= 0.3 is 6.09 Å². The van der Waals surface area contributed by atoms with Crippen LogP contribution in [0.2, 0.25) is 0 Å². The first-order valence-corrected chi connectivity index (χ1v) is 17.5. The molecule has 254 valence electrons. The number of amides is 1. The predicted molar refractivity (Wildman–Crippen MR) is 170 cm³/mol. The molecule has 3 heterocycles. The summed E-state index contributed by atoms with van der Waals surface area (Å²) in [4.78, 5) is 14.2. The molecule has 2 aromatic rings. The zero-order valence-corrected chi connectivity index (χ0v) is 27.4. The van der Waals surface area contributed by atoms with Crippen molar-refractivity contribution in [1.82, 2.24) is 9.21 Å². The van der Waals surface area contributed by atoms with E-state index in [0.29, 0.717) is 38.3 Å². The Morgan fingerprint density at radius 2 is 1.80 bits per heavy atom. The zero-order valence-electron chi connectivity index (χ0n) is 26.6. The highest BCUT2D eigenvalue weighted by molar-refractivity contribution is 7.89. The van der Waals surface area contributed by atoms with Crippen LogP contribution in [0.1, 0.15) is 45.1 Å². The van der Waals surface area contributed by atoms with E-state index in [2.05, 4.69) is 0 Å². The number of unbranched alkanes of at least 4 members (excludes halogenated alkanes) is 1. The van der Waals surface area contributed by atoms with Gasteiger partial charge in [-0.2, -0.15) is 4.31 Å². The minimum absolute atomic E-state index is 0.0560. The van der Waals surface area contributed by atoms with Gasteiger partial charge in [0, 0.05) is 19.0 Å². The van der Waals surface area contributed by atoms with E-state index in [4.69, 9.17) is 24.7 Å². The van der Waals surface area contributed by atoms with Crippen LogP contribution in [-0.4, -0.2) is 104 Å². The van der Waals surface area contributed by atoms with E-state index in [1.54, 1.807) is 12.1 Å². The number of aliphatic hydroxyl groups excluding tert-OH is 1. The minimum Gasteiger partial charge on any atom is -0.486 e. The van der Waals surface area contributed by atoms with Crippen LogP contribution >= 0.6 is 0 Å². The fourth-order valence-corrected chi connectivity index (χ4v) is 8.60. The summed E-state index contributed by atoms with van der Waals surface area (Å²) in [7, 11) is -4.25. The smallest absolute Gasteiger partial charge is 0.407 e. The summed E-state index contributed by atoms with van der Waals surface area (Å²) in [5.74, 6) is 0.289. The SMILES string of the molecule is CC(C)(CCCCN)CN(C[C@@H](O)[C@H](Cc1ccccc1)N(C(=O)O)[C@H]1CO[C@H]2OCC[C@H]21)S(=O)(=O)c1cccc2c1OCCO2. The lowest BCUT2D eigenvalue weighted by atomic mass is 9.87. The normalized spacial score (nSPS) is 22.4. The molecule has 5 rings (SSSR count). The molecule has 0 spiro atoms. The first kappa shape index (κ1) is 34.4. The fourth-order valence-electron chi connectivity index (χ4n) is 6.81. The van der Waals surface area contributed by atoms with Crippen LogP contribution in [0.25, 0.3) is 0 Å². The Bertz CT molecular complexity index is 1420. The summed E-state index contributed by atoms with van der Waals surface area (Å²) in [5.41, 5.74) is 6.07. The Morgan fingerprint density at radius 3 is 2.54 bits per heavy atom. The van der Waals surface area contributed by atoms with Crippen LogP contribution in [0.5, 0.6) is 11.5 Å². The third-order valence-electron chi connectivity index (χ3n) is 9.13. The van der Waals surface area contributed by atoms with Gasteiger partial charge in [-0.1, -0.05) is 56.7 Å². The predicted octanol–water partition coefficient (Wildman–Crippen LogP) is 3.32. The maximum atomic E-state index is 14.5. The lowest BCUT2D eigenvalue weighted by Gasteiger charge is -2.40. The second-order valence-corrected chi connectivity index (χ2v) is 15.0. The molecule has 13 heteroatoms. The number of rotatable bonds is 15. The summed E-state index contributed by atoms with van der Waals surface area (Å²) in [6.45, 7) is 5.34. The Hall–Kier alpha value is -2.94. The summed E-state index contributed by atoms with van der Waals surface area (Å²) in [5, 5.41) is 22.7. The van der Waals surface area contributed by atoms with E-state index in [1.165, 1.54) is 15.3 Å². The minimum atomic E-state index is -4.25. The maximum Gasteiger partial charge on any atom is 0.407 e. The molecule has 1 amide bonds. The molecule has 0 bridgehead atoms. The average Bonchev–Trinajstić information content (AvgIpc) is 3.65. The molecule has 12 nitrogen and oxygen atoms in total. The monoisotopic (exact) mass is 661 g/mol. The highest BCUT2D eigenvalue weighted by Gasteiger charge is 2.49. The number of nitrogens with zero attached hydrogens (tertiary/aromatic N) is 2. The molecule has 2 fully saturated rings. The van der Waals surface area contributed by atoms with Gasteiger partial charge in [-0.15, -0.1) is 0 Å². The third kappa shape index (κ3) is 7.77. The van der Waals surface area contributed by atoms with E-state index in [9.17, 15) is 23.4 Å². The Balaban J connectivity index is 1.51. The number of nitrogens with two attached hydrogens (primary N) is 1. The van der Waals surface area contributed by atoms with Crippen molar-refractivity contribution in [3.05, 3.63) is 54.1 Å². The number of carboxylic acid groups (broad SMARTS) is 1. The van der Waals surface area contributed by atoms with Gasteiger partial charge in [-0.3, -0.25) is 4.90 Å². The van der Waals surface area contributed by atoms with Crippen molar-refractivity contribution in [2.45, 2.75) is 75.3 Å². The van der Waals surface area contributed by atoms with E-state index in [0.717, 1.165) is 18.4 Å². The lowest BCUT2D eigenvalue weighted by molar-refractivity contribution is -0.0906. The molecule has 4 N–H and O–H groups in total. The number of aliphatic hydroxyl groups is 1. The molecule has 0 aromatic heterocycles. The fraction of sp³-hybridized carbons (Fsp3) is 0.606. The Morgan fingerprint density at radius 1 is 1.04 bits per heavy atom. The van der Waals surface area contributed by atoms with Crippen molar-refractivity contribution in [3.8, 4) is 11.5 Å². The van der Waals surface area contributed by atoms with Crippen LogP contribution < -0.4 is 15.2 Å². The van der Waals surface area contributed by atoms with Gasteiger partial charge < -0.3 is 34.9 Å². The third-order valence-corrected chi connectivity index (χ3v) is 11.0. The molecule has 3 aliphatic rings. The number of para-hydroxylation sites is 1. The van der Waals surface area contributed by atoms with E-state index >= 15 is 0 Å². The van der Waals surface area contributed by atoms with Gasteiger partial charge in [-0.25, -0.2) is 13.2 Å². The van der Waals surface area contributed by atoms with Crippen LogP contribution in [-0.2, 0) is 25.9 Å². The molecule has 2 aromatic carbocycles. The van der Waals surface area contributed by atoms with Crippen molar-refractivity contribution >= 4 is 16.1 Å². The van der Waals surface area contributed by atoms with Crippen molar-refractivity contribution in [2.75, 3.05) is 46.1 Å². The van der Waals surface area contributed by atoms with E-state index in [-0.39, 0.29) is 49.3 Å². The Labute approximate surface area is 271 Å². The standard InChI is InChI=1S/C33H47N3O9S/c1-33(2,14-6-7-15-34)22-35(46(40,41)29-12-8-11-28-30(29)43-18-17-42-28)20-27(37)25(19-23-9-4-3-5-10-23)36(32(38)39)26-21-45-31-24(26)13-16-44-31/h3-5,8-12,24-27,31,37H,6-7,13-22,34H2,1-2H3,(H,38,39)/t24-,25-,26-,27+,31+/m0/s1. The van der Waals surface area contributed by atoms with Gasteiger partial charge in [0.15, 0.2) is 17.8 Å². The molecule has 0 unspecified atom stereocenters. The van der Waals surface area contributed by atoms with Gasteiger partial charge in [0.1, 0.15) is 18.1 Å². The van der Waals surface area contributed by atoms with Crippen molar-refractivity contribution in [2.24, 2.45) is 17.1 Å². The van der Waals surface area contributed by atoms with Crippen molar-refractivity contribution in [3.63, 3.8) is 0 Å². The second-order valence-electron chi connectivity index (χ2n) is 13.1. The average molecular weight is 662 g/mol. The second kappa shape index (κ2) is 14.9. The highest BCUT2D eigenvalue weighted by atomic mass is 32.2. The quantitative estimate of drug-likeness (QED) is 0.242. The summed E-state index contributed by atoms with van der Waals surface area (Å²) in [6, 6.07) is 12.5. The molecule has 2 saturated heterocycles. The van der Waals surface area contributed by atoms with Crippen LogP contribution in [0.4, 0.5) is 4.79 Å².